The molecule has 1 rings (SSSR count). The van der Waals surface area contributed by atoms with E-state index in [1.165, 1.54) is 0 Å². The van der Waals surface area contributed by atoms with Crippen LogP contribution >= 0.6 is 0 Å². The highest BCUT2D eigenvalue weighted by atomic mass is 28.3. The molecule has 0 saturated carbocycles. The van der Waals surface area contributed by atoms with Gasteiger partial charge in [0.15, 0.2) is 0 Å². The fourth-order valence-electron chi connectivity index (χ4n) is 1.51. The first kappa shape index (κ1) is 13.9. The maximum Gasteiger partial charge on any atom is 0.296 e. The summed E-state index contributed by atoms with van der Waals surface area (Å²) in [6.45, 7) is 11.5. The Morgan fingerprint density at radius 3 is 2.12 bits per heavy atom. The van der Waals surface area contributed by atoms with Gasteiger partial charge in [-0.15, -0.1) is 0 Å². The normalized spacial score (nSPS) is 12.1. The highest BCUT2D eigenvalue weighted by Gasteiger charge is 2.38. The number of hydrogen-bond acceptors (Lipinski definition) is 0. The minimum absolute atomic E-state index is 0.303. The second kappa shape index (κ2) is 4.99. The van der Waals surface area contributed by atoms with Gasteiger partial charge in [-0.2, -0.15) is 4.79 Å². The summed E-state index contributed by atoms with van der Waals surface area (Å²) in [6.07, 6.45) is 0. The van der Waals surface area contributed by atoms with Gasteiger partial charge >= 0.3 is 0 Å². The maximum atomic E-state index is 9.22. The molecule has 0 fully saturated rings. The molecule has 1 aromatic rings. The van der Waals surface area contributed by atoms with Gasteiger partial charge < -0.3 is 5.53 Å². The monoisotopic (exact) mass is 246 g/mol. The summed E-state index contributed by atoms with van der Waals surface area (Å²) in [5, 5.41) is 0.303. The first-order chi connectivity index (χ1) is 7.78. The summed E-state index contributed by atoms with van der Waals surface area (Å²) in [5.41, 5.74) is 11.1. The molecule has 92 valence electrons. The van der Waals surface area contributed by atoms with Crippen LogP contribution in [0.5, 0.6) is 0 Å². The molecular formula is C14H22N2Si. The zero-order valence-corrected chi connectivity index (χ0v) is 12.5. The third-order valence-corrected chi connectivity index (χ3v) is 9.15. The van der Waals surface area contributed by atoms with Crippen LogP contribution in [-0.4, -0.2) is 18.6 Å². The van der Waals surface area contributed by atoms with Gasteiger partial charge in [-0.1, -0.05) is 52.1 Å². The van der Waals surface area contributed by atoms with Gasteiger partial charge in [0.05, 0.1) is 13.6 Å². The van der Waals surface area contributed by atoms with E-state index in [1.807, 2.05) is 30.3 Å². The molecule has 0 aliphatic heterocycles. The van der Waals surface area contributed by atoms with Crippen LogP contribution in [0.2, 0.25) is 24.2 Å². The summed E-state index contributed by atoms with van der Waals surface area (Å²) >= 11 is 0. The molecule has 0 aliphatic carbocycles. The predicted octanol–water partition coefficient (Wildman–Crippen LogP) is 4.21. The number of benzene rings is 1. The van der Waals surface area contributed by atoms with E-state index in [0.29, 0.717) is 5.04 Å². The van der Waals surface area contributed by atoms with Crippen LogP contribution in [0.25, 0.3) is 5.53 Å². The highest BCUT2D eigenvalue weighted by Crippen LogP contribution is 2.39. The van der Waals surface area contributed by atoms with E-state index in [0.717, 1.165) is 17.3 Å². The van der Waals surface area contributed by atoms with Crippen molar-refractivity contribution in [3.05, 3.63) is 41.4 Å². The first-order valence-corrected chi connectivity index (χ1v) is 9.25. The van der Waals surface area contributed by atoms with Crippen LogP contribution < -0.4 is 0 Å². The minimum Gasteiger partial charge on any atom is -0.361 e. The number of hydrogen-bond donors (Lipinski definition) is 0. The van der Waals surface area contributed by atoms with Crippen molar-refractivity contribution in [3.63, 3.8) is 0 Å². The van der Waals surface area contributed by atoms with Crippen molar-refractivity contribution in [2.45, 2.75) is 44.9 Å². The third-order valence-electron chi connectivity index (χ3n) is 3.87. The molecule has 2 nitrogen and oxygen atoms in total. The van der Waals surface area contributed by atoms with Crippen molar-refractivity contribution in [1.82, 2.24) is 0 Å². The van der Waals surface area contributed by atoms with E-state index in [4.69, 9.17) is 0 Å². The van der Waals surface area contributed by atoms with Gasteiger partial charge in [0.25, 0.3) is 5.71 Å². The van der Waals surface area contributed by atoms with Crippen molar-refractivity contribution in [1.29, 1.82) is 0 Å². The van der Waals surface area contributed by atoms with E-state index in [-0.39, 0.29) is 0 Å². The lowest BCUT2D eigenvalue weighted by Gasteiger charge is -2.35. The first-order valence-electron chi connectivity index (χ1n) is 6.04. The minimum atomic E-state index is -1.46. The van der Waals surface area contributed by atoms with Crippen LogP contribution in [0.3, 0.4) is 0 Å². The molecule has 0 heterocycles. The van der Waals surface area contributed by atoms with Crippen LogP contribution in [0.4, 0.5) is 0 Å². The predicted molar refractivity (Wildman–Crippen MR) is 76.2 cm³/mol. The Balaban J connectivity index is 2.99. The molecule has 0 aliphatic rings. The second-order valence-corrected chi connectivity index (χ2v) is 11.8. The van der Waals surface area contributed by atoms with Crippen molar-refractivity contribution < 1.29 is 4.79 Å². The van der Waals surface area contributed by atoms with E-state index < -0.39 is 8.07 Å². The Morgan fingerprint density at radius 2 is 1.71 bits per heavy atom. The van der Waals surface area contributed by atoms with Crippen molar-refractivity contribution in [3.8, 4) is 0 Å². The number of nitrogens with zero attached hydrogens (tertiary/aromatic N) is 2. The van der Waals surface area contributed by atoms with Gasteiger partial charge in [0.1, 0.15) is 0 Å². The van der Waals surface area contributed by atoms with Crippen LogP contribution in [0.15, 0.2) is 30.3 Å². The molecule has 0 amide bonds. The van der Waals surface area contributed by atoms with Crippen molar-refractivity contribution in [2.75, 3.05) is 0 Å². The molecule has 0 atom stereocenters. The quantitative estimate of drug-likeness (QED) is 0.331. The van der Waals surface area contributed by atoms with Crippen LogP contribution in [0, 0.1) is 0 Å². The van der Waals surface area contributed by atoms with Gasteiger partial charge in [-0.25, -0.2) is 0 Å². The summed E-state index contributed by atoms with van der Waals surface area (Å²) in [6, 6.07) is 10.8. The van der Waals surface area contributed by atoms with Gasteiger partial charge in [0, 0.05) is 6.04 Å². The SMILES string of the molecule is CC(C)(C)[Si](C)(C)CC(=[N+]=[N-])c1ccccc1. The average Bonchev–Trinajstić information content (AvgIpc) is 2.25. The molecule has 1 aromatic carbocycles. The molecule has 0 saturated heterocycles. The lowest BCUT2D eigenvalue weighted by molar-refractivity contribution is -0.00476. The zero-order valence-electron chi connectivity index (χ0n) is 11.5. The smallest absolute Gasteiger partial charge is 0.296 e. The third kappa shape index (κ3) is 3.38. The van der Waals surface area contributed by atoms with Gasteiger partial charge in [-0.3, -0.25) is 0 Å². The van der Waals surface area contributed by atoms with E-state index in [9.17, 15) is 5.53 Å². The largest absolute Gasteiger partial charge is 0.361 e. The van der Waals surface area contributed by atoms with Crippen molar-refractivity contribution >= 4 is 13.8 Å². The summed E-state index contributed by atoms with van der Waals surface area (Å²) in [7, 11) is -1.46. The maximum absolute atomic E-state index is 9.22. The summed E-state index contributed by atoms with van der Waals surface area (Å²) < 4.78 is 0. The molecule has 17 heavy (non-hydrogen) atoms. The topological polar surface area (TPSA) is 36.4 Å². The zero-order chi connectivity index (χ0) is 13.1. The average molecular weight is 246 g/mol. The summed E-state index contributed by atoms with van der Waals surface area (Å²) in [5.74, 6) is 0. The number of rotatable bonds is 3. The van der Waals surface area contributed by atoms with Gasteiger partial charge in [-0.05, 0) is 17.2 Å². The fourth-order valence-corrected chi connectivity index (χ4v) is 3.15. The Morgan fingerprint density at radius 1 is 1.18 bits per heavy atom. The highest BCUT2D eigenvalue weighted by molar-refractivity contribution is 6.82. The Hall–Kier alpha value is -1.18. The van der Waals surface area contributed by atoms with E-state index in [2.05, 4.69) is 38.7 Å². The lowest BCUT2D eigenvalue weighted by atomic mass is 10.1. The van der Waals surface area contributed by atoms with Crippen LogP contribution in [0.1, 0.15) is 26.3 Å². The molecular weight excluding hydrogens is 224 g/mol. The van der Waals surface area contributed by atoms with E-state index in [1.54, 1.807) is 0 Å². The molecule has 0 bridgehead atoms. The molecule has 0 N–H and O–H groups in total. The summed E-state index contributed by atoms with van der Waals surface area (Å²) in [4.78, 5) is 3.51. The lowest BCUT2D eigenvalue weighted by Crippen LogP contribution is -2.39. The molecule has 3 heteroatoms. The molecule has 0 unspecified atom stereocenters. The molecule has 0 spiro atoms. The standard InChI is InChI=1S/C14H22N2Si/c1-14(2,3)17(4,5)11-13(16-15)12-9-7-6-8-10-12/h6-10H,11H2,1-5H3. The Labute approximate surface area is 105 Å². The fraction of sp³-hybridized carbons (Fsp3) is 0.500. The molecule has 0 aromatic heterocycles. The second-order valence-electron chi connectivity index (χ2n) is 6.22. The van der Waals surface area contributed by atoms with Crippen LogP contribution in [-0.2, 0) is 0 Å². The van der Waals surface area contributed by atoms with Gasteiger partial charge in [0.2, 0.25) is 0 Å². The van der Waals surface area contributed by atoms with E-state index >= 15 is 0 Å². The van der Waals surface area contributed by atoms with Crippen molar-refractivity contribution in [2.24, 2.45) is 0 Å². The Bertz CT molecular complexity index is 423. The Kier molecular flexibility index (Phi) is 4.07. The molecule has 0 radical (unpaired) electrons.